The lowest BCUT2D eigenvalue weighted by Gasteiger charge is -2.27. The number of amides is 1. The normalized spacial score (nSPS) is 18.2. The van der Waals surface area contributed by atoms with E-state index in [2.05, 4.69) is 0 Å². The van der Waals surface area contributed by atoms with Crippen molar-refractivity contribution in [1.82, 2.24) is 4.90 Å². The van der Waals surface area contributed by atoms with E-state index in [1.54, 1.807) is 23.3 Å². The van der Waals surface area contributed by atoms with Crippen LogP contribution in [0.25, 0.3) is 11.3 Å². The maximum Gasteiger partial charge on any atom is 0.303 e. The lowest BCUT2D eigenvalue weighted by atomic mass is 10.0. The molecule has 172 valence electrons. The van der Waals surface area contributed by atoms with E-state index in [4.69, 9.17) is 14.3 Å². The third-order valence-corrected chi connectivity index (χ3v) is 5.79. The number of hydrogen-bond donors (Lipinski definition) is 1. The Labute approximate surface area is 195 Å². The molecule has 2 aromatic carbocycles. The van der Waals surface area contributed by atoms with Gasteiger partial charge in [0.15, 0.2) is 0 Å². The molecule has 0 bridgehead atoms. The van der Waals surface area contributed by atoms with Crippen molar-refractivity contribution in [2.45, 2.75) is 44.5 Å². The Kier molecular flexibility index (Phi) is 7.01. The van der Waals surface area contributed by atoms with Gasteiger partial charge in [0.05, 0.1) is 20.3 Å². The number of benzene rings is 2. The number of carbonyl (C=O) groups excluding carboxylic acids is 1. The van der Waals surface area contributed by atoms with Crippen molar-refractivity contribution in [3.8, 4) is 17.1 Å². The molecule has 33 heavy (non-hydrogen) atoms. The number of para-hydroxylation sites is 1. The largest absolute Gasteiger partial charge is 0.493 e. The zero-order valence-electron chi connectivity index (χ0n) is 19.5. The molecule has 0 saturated carbocycles. The zero-order valence-corrected chi connectivity index (χ0v) is 18.5. The van der Waals surface area contributed by atoms with Crippen molar-refractivity contribution in [3.05, 3.63) is 78.1 Å². The van der Waals surface area contributed by atoms with Crippen LogP contribution in [0.5, 0.6) is 5.75 Å². The minimum atomic E-state index is -1.21. The molecule has 4 rings (SSSR count). The van der Waals surface area contributed by atoms with Crippen LogP contribution >= 0.6 is 0 Å². The van der Waals surface area contributed by atoms with Crippen LogP contribution in [-0.4, -0.2) is 35.0 Å². The van der Waals surface area contributed by atoms with Gasteiger partial charge in [-0.15, -0.1) is 0 Å². The molecule has 0 aliphatic carbocycles. The van der Waals surface area contributed by atoms with E-state index in [-0.39, 0.29) is 12.3 Å². The first-order valence-corrected chi connectivity index (χ1v) is 11.4. The molecule has 1 aliphatic heterocycles. The quantitative estimate of drug-likeness (QED) is 0.388. The van der Waals surface area contributed by atoms with Crippen LogP contribution < -0.4 is 4.74 Å². The summed E-state index contributed by atoms with van der Waals surface area (Å²) in [6, 6.07) is 17.2. The number of likely N-dealkylation sites (tertiary alicyclic amines) is 1. The Morgan fingerprint density at radius 3 is 2.64 bits per heavy atom. The number of ether oxygens (including phenoxy) is 1. The molecular formula is C27H29NO5. The molecule has 0 spiro atoms. The van der Waals surface area contributed by atoms with Crippen molar-refractivity contribution in [1.29, 1.82) is 0 Å². The van der Waals surface area contributed by atoms with Crippen molar-refractivity contribution in [2.24, 2.45) is 0 Å². The summed E-state index contributed by atoms with van der Waals surface area (Å²) in [5.41, 5.74) is 2.10. The summed E-state index contributed by atoms with van der Waals surface area (Å²) in [6.07, 6.45) is 5.15. The number of rotatable bonds is 10. The molecule has 1 fully saturated rings. The second kappa shape index (κ2) is 10.9. The number of carboxylic acid groups (broad SMARTS) is 1. The van der Waals surface area contributed by atoms with Crippen molar-refractivity contribution in [3.63, 3.8) is 0 Å². The highest BCUT2D eigenvalue weighted by Crippen LogP contribution is 2.38. The number of unbranched alkanes of at least 4 members (excludes halogenated alkanes) is 2. The number of furan rings is 1. The standard InChI is InChI=1S/C27H29NO5/c29-26(30)12-2-1-5-18-33-25-10-4-3-8-22(25)23-9-6-17-28(23)27(31)21-15-13-20(14-16-21)24-11-7-19-32-24/h3-4,7-8,10-11,13-16,19,23H,1-2,5-6,9,12,17-18H2,(H,29,30)/i23D. The highest BCUT2D eigenvalue weighted by Gasteiger charge is 2.32. The summed E-state index contributed by atoms with van der Waals surface area (Å²) < 4.78 is 20.7. The Morgan fingerprint density at radius 1 is 1.06 bits per heavy atom. The van der Waals surface area contributed by atoms with Gasteiger partial charge in [-0.05, 0) is 62.4 Å². The highest BCUT2D eigenvalue weighted by molar-refractivity contribution is 5.95. The van der Waals surface area contributed by atoms with Crippen LogP contribution in [0.2, 0.25) is 0 Å². The van der Waals surface area contributed by atoms with Gasteiger partial charge in [0, 0.05) is 29.7 Å². The fourth-order valence-electron chi connectivity index (χ4n) is 4.12. The molecular weight excluding hydrogens is 418 g/mol. The predicted molar refractivity (Wildman–Crippen MR) is 125 cm³/mol. The van der Waals surface area contributed by atoms with Gasteiger partial charge in [-0.2, -0.15) is 0 Å². The van der Waals surface area contributed by atoms with Crippen LogP contribution in [0.4, 0.5) is 0 Å². The SMILES string of the molecule is [2H]C1(c2ccccc2OCCCCCC(=O)O)CCCN1C(=O)c1ccc(-c2ccco2)cc1. The molecule has 3 aromatic rings. The van der Waals surface area contributed by atoms with Crippen molar-refractivity contribution >= 4 is 11.9 Å². The molecule has 1 atom stereocenters. The molecule has 0 radical (unpaired) electrons. The van der Waals surface area contributed by atoms with Crippen LogP contribution in [0, 0.1) is 0 Å². The van der Waals surface area contributed by atoms with E-state index in [1.165, 1.54) is 0 Å². The van der Waals surface area contributed by atoms with E-state index >= 15 is 0 Å². The minimum Gasteiger partial charge on any atom is -0.493 e. The second-order valence-electron chi connectivity index (χ2n) is 8.11. The van der Waals surface area contributed by atoms with Gasteiger partial charge >= 0.3 is 5.97 Å². The van der Waals surface area contributed by atoms with Gasteiger partial charge in [0.25, 0.3) is 5.91 Å². The summed E-state index contributed by atoms with van der Waals surface area (Å²) in [6.45, 7) is 0.945. The molecule has 1 aromatic heterocycles. The van der Waals surface area contributed by atoms with Crippen molar-refractivity contribution in [2.75, 3.05) is 13.2 Å². The predicted octanol–water partition coefficient (Wildman–Crippen LogP) is 5.95. The monoisotopic (exact) mass is 448 g/mol. The van der Waals surface area contributed by atoms with Gasteiger partial charge in [-0.25, -0.2) is 0 Å². The first kappa shape index (κ1) is 21.3. The molecule has 1 N–H and O–H groups in total. The maximum absolute atomic E-state index is 13.4. The van der Waals surface area contributed by atoms with E-state index in [9.17, 15) is 11.0 Å². The Balaban J connectivity index is 1.47. The van der Waals surface area contributed by atoms with Gasteiger partial charge in [-0.1, -0.05) is 30.3 Å². The Bertz CT molecular complexity index is 1110. The van der Waals surface area contributed by atoms with Crippen LogP contribution in [0.15, 0.2) is 71.3 Å². The molecule has 2 heterocycles. The minimum absolute atomic E-state index is 0.159. The van der Waals surface area contributed by atoms with Gasteiger partial charge in [0.1, 0.15) is 11.5 Å². The van der Waals surface area contributed by atoms with E-state index < -0.39 is 12.0 Å². The summed E-state index contributed by atoms with van der Waals surface area (Å²) in [5.74, 6) is 0.374. The average molecular weight is 449 g/mol. The molecule has 1 unspecified atom stereocenters. The Hall–Kier alpha value is -3.54. The smallest absolute Gasteiger partial charge is 0.303 e. The average Bonchev–Trinajstić information content (AvgIpc) is 3.52. The van der Waals surface area contributed by atoms with E-state index in [0.29, 0.717) is 42.9 Å². The van der Waals surface area contributed by atoms with Gasteiger partial charge in [0.2, 0.25) is 0 Å². The highest BCUT2D eigenvalue weighted by atomic mass is 16.5. The number of carboxylic acids is 1. The van der Waals surface area contributed by atoms with E-state index in [0.717, 1.165) is 30.6 Å². The molecule has 6 heteroatoms. The summed E-state index contributed by atoms with van der Waals surface area (Å²) >= 11 is 0. The summed E-state index contributed by atoms with van der Waals surface area (Å²) in [7, 11) is 0. The van der Waals surface area contributed by atoms with Gasteiger partial charge in [-0.3, -0.25) is 9.59 Å². The van der Waals surface area contributed by atoms with E-state index in [1.807, 2.05) is 48.5 Å². The zero-order chi connectivity index (χ0) is 24.0. The third kappa shape index (κ3) is 5.64. The molecule has 1 saturated heterocycles. The van der Waals surface area contributed by atoms with Crippen LogP contribution in [0.1, 0.15) is 61.8 Å². The summed E-state index contributed by atoms with van der Waals surface area (Å²) in [4.78, 5) is 25.7. The van der Waals surface area contributed by atoms with Crippen LogP contribution in [-0.2, 0) is 4.79 Å². The molecule has 6 nitrogen and oxygen atoms in total. The molecule has 1 amide bonds. The molecule has 1 aliphatic rings. The fraction of sp³-hybridized carbons (Fsp3) is 0.333. The first-order chi connectivity index (χ1) is 16.5. The second-order valence-corrected chi connectivity index (χ2v) is 8.11. The first-order valence-electron chi connectivity index (χ1n) is 11.9. The van der Waals surface area contributed by atoms with Gasteiger partial charge < -0.3 is 19.2 Å². The number of hydrogen-bond acceptors (Lipinski definition) is 4. The maximum atomic E-state index is 13.4. The Morgan fingerprint density at radius 2 is 1.88 bits per heavy atom. The number of nitrogens with zero attached hydrogens (tertiary/aromatic N) is 1. The van der Waals surface area contributed by atoms with Crippen molar-refractivity contribution < 1.29 is 25.2 Å². The third-order valence-electron chi connectivity index (χ3n) is 5.79. The summed E-state index contributed by atoms with van der Waals surface area (Å²) in [5, 5.41) is 8.75. The fourth-order valence-corrected chi connectivity index (χ4v) is 4.12. The topological polar surface area (TPSA) is 80.0 Å². The number of carbonyl (C=O) groups is 2. The number of aliphatic carboxylic acids is 1. The van der Waals surface area contributed by atoms with Crippen LogP contribution in [0.3, 0.4) is 0 Å². The lowest BCUT2D eigenvalue weighted by Crippen LogP contribution is -2.30. The lowest BCUT2D eigenvalue weighted by molar-refractivity contribution is -0.137.